The highest BCUT2D eigenvalue weighted by Gasteiger charge is 2.17. The molecule has 0 saturated heterocycles. The van der Waals surface area contributed by atoms with Crippen LogP contribution in [0, 0.1) is 0 Å². The first-order chi connectivity index (χ1) is 11.0. The van der Waals surface area contributed by atoms with Gasteiger partial charge in [-0.3, -0.25) is 9.59 Å². The van der Waals surface area contributed by atoms with Gasteiger partial charge in [0.15, 0.2) is 13.1 Å². The molecule has 128 valence electrons. The van der Waals surface area contributed by atoms with Gasteiger partial charge in [0.2, 0.25) is 0 Å². The molecule has 0 aliphatic rings. The maximum atomic E-state index is 12.2. The van der Waals surface area contributed by atoms with Gasteiger partial charge in [-0.1, -0.05) is 0 Å². The Balaban J connectivity index is 2.69. The van der Waals surface area contributed by atoms with Gasteiger partial charge in [-0.25, -0.2) is 0 Å². The van der Waals surface area contributed by atoms with Crippen LogP contribution in [0.25, 0.3) is 0 Å². The first-order valence-corrected chi connectivity index (χ1v) is 7.66. The van der Waals surface area contributed by atoms with E-state index in [1.54, 1.807) is 25.3 Å². The fraction of sp³-hybridized carbons (Fsp3) is 0.500. The molecule has 1 aromatic rings. The molecule has 1 rings (SSSR count). The van der Waals surface area contributed by atoms with Gasteiger partial charge in [-0.2, -0.15) is 0 Å². The SMILES string of the molecule is CCNC(=O)C[NH+](CC)CC(=O)Nc1cc(OC)ccc1OC. The van der Waals surface area contributed by atoms with E-state index >= 15 is 0 Å². The molecule has 0 bridgehead atoms. The van der Waals surface area contributed by atoms with Crippen LogP contribution in [-0.2, 0) is 9.59 Å². The normalized spacial score (nSPS) is 11.5. The lowest BCUT2D eigenvalue weighted by Crippen LogP contribution is -3.14. The third-order valence-corrected chi connectivity index (χ3v) is 3.38. The van der Waals surface area contributed by atoms with Gasteiger partial charge in [-0.05, 0) is 26.0 Å². The van der Waals surface area contributed by atoms with E-state index < -0.39 is 0 Å². The molecule has 3 N–H and O–H groups in total. The van der Waals surface area contributed by atoms with Gasteiger partial charge >= 0.3 is 0 Å². The van der Waals surface area contributed by atoms with Crippen LogP contribution in [0.15, 0.2) is 18.2 Å². The summed E-state index contributed by atoms with van der Waals surface area (Å²) in [7, 11) is 3.10. The van der Waals surface area contributed by atoms with Gasteiger partial charge in [0, 0.05) is 12.6 Å². The standard InChI is InChI=1S/C16H25N3O4/c1-5-17-15(20)10-19(6-2)11-16(21)18-13-9-12(22-3)7-8-14(13)23-4/h7-9H,5-6,10-11H2,1-4H3,(H,17,20)(H,18,21)/p+1. The maximum absolute atomic E-state index is 12.2. The number of carbonyl (C=O) groups excluding carboxylic acids is 2. The minimum atomic E-state index is -0.183. The van der Waals surface area contributed by atoms with E-state index in [4.69, 9.17) is 9.47 Å². The second kappa shape index (κ2) is 9.68. The van der Waals surface area contributed by atoms with Crippen molar-refractivity contribution in [2.45, 2.75) is 13.8 Å². The average molecular weight is 324 g/mol. The van der Waals surface area contributed by atoms with Crippen molar-refractivity contribution in [1.29, 1.82) is 0 Å². The Hall–Kier alpha value is -2.28. The number of benzene rings is 1. The summed E-state index contributed by atoms with van der Waals surface area (Å²) >= 11 is 0. The molecule has 0 heterocycles. The van der Waals surface area contributed by atoms with Gasteiger partial charge < -0.3 is 25.0 Å². The monoisotopic (exact) mass is 324 g/mol. The Morgan fingerprint density at radius 3 is 2.35 bits per heavy atom. The number of hydrogen-bond donors (Lipinski definition) is 3. The van der Waals surface area contributed by atoms with E-state index in [-0.39, 0.29) is 24.9 Å². The fourth-order valence-corrected chi connectivity index (χ4v) is 2.13. The summed E-state index contributed by atoms with van der Waals surface area (Å²) in [6, 6.07) is 5.19. The first kappa shape index (κ1) is 18.8. The van der Waals surface area contributed by atoms with Crippen LogP contribution < -0.4 is 25.0 Å². The van der Waals surface area contributed by atoms with Crippen LogP contribution in [0.2, 0.25) is 0 Å². The molecule has 0 saturated carbocycles. The van der Waals surface area contributed by atoms with Crippen LogP contribution in [-0.4, -0.2) is 52.2 Å². The highest BCUT2D eigenvalue weighted by molar-refractivity contribution is 5.93. The molecule has 1 atom stereocenters. The summed E-state index contributed by atoms with van der Waals surface area (Å²) in [5, 5.41) is 5.55. The zero-order valence-corrected chi connectivity index (χ0v) is 14.2. The number of likely N-dealkylation sites (N-methyl/N-ethyl adjacent to an activating group) is 2. The minimum Gasteiger partial charge on any atom is -0.497 e. The molecule has 1 unspecified atom stereocenters. The lowest BCUT2D eigenvalue weighted by Gasteiger charge is -2.17. The molecule has 0 spiro atoms. The number of anilines is 1. The third-order valence-electron chi connectivity index (χ3n) is 3.38. The Kier molecular flexibility index (Phi) is 7.90. The number of rotatable bonds is 9. The predicted molar refractivity (Wildman–Crippen MR) is 88.1 cm³/mol. The smallest absolute Gasteiger partial charge is 0.279 e. The van der Waals surface area contributed by atoms with Crippen molar-refractivity contribution in [3.8, 4) is 11.5 Å². The van der Waals surface area contributed by atoms with E-state index in [0.29, 0.717) is 30.3 Å². The van der Waals surface area contributed by atoms with Crippen molar-refractivity contribution in [1.82, 2.24) is 5.32 Å². The van der Waals surface area contributed by atoms with E-state index in [9.17, 15) is 9.59 Å². The molecule has 0 aromatic heterocycles. The van der Waals surface area contributed by atoms with Crippen LogP contribution in [0.4, 0.5) is 5.69 Å². The Morgan fingerprint density at radius 1 is 1.09 bits per heavy atom. The van der Waals surface area contributed by atoms with Crippen LogP contribution >= 0.6 is 0 Å². The van der Waals surface area contributed by atoms with Crippen molar-refractivity contribution < 1.29 is 24.0 Å². The molecule has 7 nitrogen and oxygen atoms in total. The zero-order chi connectivity index (χ0) is 17.2. The van der Waals surface area contributed by atoms with E-state index in [0.717, 1.165) is 4.90 Å². The topological polar surface area (TPSA) is 81.1 Å². The van der Waals surface area contributed by atoms with Crippen molar-refractivity contribution in [2.75, 3.05) is 45.7 Å². The lowest BCUT2D eigenvalue weighted by molar-refractivity contribution is -0.881. The number of quaternary nitrogens is 1. The first-order valence-electron chi connectivity index (χ1n) is 7.66. The van der Waals surface area contributed by atoms with E-state index in [2.05, 4.69) is 10.6 Å². The summed E-state index contributed by atoms with van der Waals surface area (Å²) in [6.07, 6.45) is 0. The molecule has 0 fully saturated rings. The van der Waals surface area contributed by atoms with Gasteiger partial charge in [-0.15, -0.1) is 0 Å². The van der Waals surface area contributed by atoms with Crippen molar-refractivity contribution >= 4 is 17.5 Å². The van der Waals surface area contributed by atoms with Gasteiger partial charge in [0.05, 0.1) is 26.5 Å². The zero-order valence-electron chi connectivity index (χ0n) is 14.2. The van der Waals surface area contributed by atoms with Gasteiger partial charge in [0.1, 0.15) is 11.5 Å². The summed E-state index contributed by atoms with van der Waals surface area (Å²) in [4.78, 5) is 24.7. The molecular formula is C16H26N3O4+. The molecule has 23 heavy (non-hydrogen) atoms. The van der Waals surface area contributed by atoms with Crippen molar-refractivity contribution in [3.05, 3.63) is 18.2 Å². The largest absolute Gasteiger partial charge is 0.497 e. The second-order valence-corrected chi connectivity index (χ2v) is 5.03. The molecular weight excluding hydrogens is 298 g/mol. The molecule has 0 aliphatic carbocycles. The van der Waals surface area contributed by atoms with Gasteiger partial charge in [0.25, 0.3) is 11.8 Å². The Morgan fingerprint density at radius 2 is 1.78 bits per heavy atom. The predicted octanol–water partition coefficient (Wildman–Crippen LogP) is -0.317. The highest BCUT2D eigenvalue weighted by Crippen LogP contribution is 2.28. The lowest BCUT2D eigenvalue weighted by atomic mass is 10.2. The average Bonchev–Trinajstić information content (AvgIpc) is 2.54. The van der Waals surface area contributed by atoms with Crippen molar-refractivity contribution in [3.63, 3.8) is 0 Å². The number of nitrogens with one attached hydrogen (secondary N) is 3. The molecule has 7 heteroatoms. The number of amides is 2. The summed E-state index contributed by atoms with van der Waals surface area (Å²) in [6.45, 7) is 5.54. The second-order valence-electron chi connectivity index (χ2n) is 5.03. The Labute approximate surface area is 136 Å². The van der Waals surface area contributed by atoms with E-state index in [1.165, 1.54) is 7.11 Å². The molecule has 0 radical (unpaired) electrons. The quantitative estimate of drug-likeness (QED) is 0.582. The third kappa shape index (κ3) is 6.15. The highest BCUT2D eigenvalue weighted by atomic mass is 16.5. The van der Waals surface area contributed by atoms with Crippen molar-refractivity contribution in [2.24, 2.45) is 0 Å². The molecule has 2 amide bonds. The van der Waals surface area contributed by atoms with Crippen LogP contribution in [0.5, 0.6) is 11.5 Å². The van der Waals surface area contributed by atoms with Crippen LogP contribution in [0.1, 0.15) is 13.8 Å². The fourth-order valence-electron chi connectivity index (χ4n) is 2.13. The number of ether oxygens (including phenoxy) is 2. The summed E-state index contributed by atoms with van der Waals surface area (Å²) in [5.74, 6) is 0.942. The Bertz CT molecular complexity index is 534. The molecule has 1 aromatic carbocycles. The molecule has 0 aliphatic heterocycles. The maximum Gasteiger partial charge on any atom is 0.279 e. The minimum absolute atomic E-state index is 0.0592. The number of hydrogen-bond acceptors (Lipinski definition) is 4. The van der Waals surface area contributed by atoms with E-state index in [1.807, 2.05) is 13.8 Å². The summed E-state index contributed by atoms with van der Waals surface area (Å²) < 4.78 is 10.4. The summed E-state index contributed by atoms with van der Waals surface area (Å²) in [5.41, 5.74) is 0.547. The number of carbonyl (C=O) groups is 2. The van der Waals surface area contributed by atoms with Crippen LogP contribution in [0.3, 0.4) is 0 Å². The number of methoxy groups -OCH3 is 2.